The highest BCUT2D eigenvalue weighted by Crippen LogP contribution is 2.40. The Balaban J connectivity index is 1.98. The van der Waals surface area contributed by atoms with E-state index in [1.165, 1.54) is 4.57 Å². The van der Waals surface area contributed by atoms with Crippen molar-refractivity contribution in [3.63, 3.8) is 0 Å². The Bertz CT molecular complexity index is 1650. The zero-order valence-corrected chi connectivity index (χ0v) is 22.2. The lowest BCUT2D eigenvalue weighted by Crippen LogP contribution is -2.23. The number of carbonyl (C=O) groups is 1. The van der Waals surface area contributed by atoms with E-state index in [9.17, 15) is 18.0 Å². The molecule has 0 fully saturated rings. The molecule has 2 heterocycles. The first kappa shape index (κ1) is 26.0. The lowest BCUT2D eigenvalue weighted by Gasteiger charge is -2.17. The van der Waals surface area contributed by atoms with Gasteiger partial charge in [0.05, 0.1) is 5.75 Å². The number of rotatable bonds is 8. The molecule has 9 nitrogen and oxygen atoms in total. The molecule has 0 unspecified atom stereocenters. The van der Waals surface area contributed by atoms with Gasteiger partial charge in [-0.25, -0.2) is 8.42 Å². The van der Waals surface area contributed by atoms with Crippen LogP contribution in [0.3, 0.4) is 0 Å². The fourth-order valence-electron chi connectivity index (χ4n) is 4.14. The Morgan fingerprint density at radius 1 is 1.05 bits per heavy atom. The number of sulfonamides is 1. The molecule has 0 aliphatic carbocycles. The van der Waals surface area contributed by atoms with Gasteiger partial charge < -0.3 is 19.6 Å². The number of nitrogens with one attached hydrogen (secondary N) is 3. The zero-order valence-electron chi connectivity index (χ0n) is 21.4. The number of H-pyrrole nitrogens is 1. The SMILES string of the molecule is CCNC(=O)c1cc2c(-c3cc(NS(=O)(=O)CC)ccc3Oc3c(C)cccc3C)cn(C)c(=O)c2[nH]1. The smallest absolute Gasteiger partial charge is 0.274 e. The molecule has 2 aromatic heterocycles. The number of hydrogen-bond acceptors (Lipinski definition) is 5. The molecule has 2 aromatic carbocycles. The van der Waals surface area contributed by atoms with E-state index < -0.39 is 10.0 Å². The largest absolute Gasteiger partial charge is 0.456 e. The summed E-state index contributed by atoms with van der Waals surface area (Å²) in [5.74, 6) is 0.741. The summed E-state index contributed by atoms with van der Waals surface area (Å²) in [5.41, 5.74) is 3.60. The maximum absolute atomic E-state index is 12.9. The van der Waals surface area contributed by atoms with Crippen LogP contribution in [0.1, 0.15) is 35.5 Å². The average Bonchev–Trinajstić information content (AvgIpc) is 3.30. The van der Waals surface area contributed by atoms with Crippen molar-refractivity contribution in [3.05, 3.63) is 75.8 Å². The van der Waals surface area contributed by atoms with E-state index in [-0.39, 0.29) is 28.4 Å². The maximum atomic E-state index is 12.9. The number of aryl methyl sites for hydroxylation is 3. The number of fused-ring (bicyclic) bond motifs is 1. The highest BCUT2D eigenvalue weighted by Gasteiger charge is 2.20. The third-order valence-corrected chi connectivity index (χ3v) is 7.40. The Labute approximate surface area is 215 Å². The van der Waals surface area contributed by atoms with Crippen molar-refractivity contribution < 1.29 is 17.9 Å². The monoisotopic (exact) mass is 522 g/mol. The first-order valence-corrected chi connectivity index (χ1v) is 13.6. The van der Waals surface area contributed by atoms with Gasteiger partial charge in [-0.05, 0) is 63.1 Å². The number of amides is 1. The molecule has 4 rings (SSSR count). The zero-order chi connectivity index (χ0) is 26.9. The lowest BCUT2D eigenvalue weighted by molar-refractivity contribution is 0.0951. The molecule has 4 aromatic rings. The molecule has 10 heteroatoms. The minimum Gasteiger partial charge on any atom is -0.456 e. The average molecular weight is 523 g/mol. The molecule has 0 radical (unpaired) electrons. The summed E-state index contributed by atoms with van der Waals surface area (Å²) in [7, 11) is -1.91. The van der Waals surface area contributed by atoms with Crippen molar-refractivity contribution in [2.24, 2.45) is 7.05 Å². The molecule has 0 aliphatic heterocycles. The van der Waals surface area contributed by atoms with E-state index >= 15 is 0 Å². The number of anilines is 1. The third-order valence-electron chi connectivity index (χ3n) is 6.09. The van der Waals surface area contributed by atoms with E-state index in [0.717, 1.165) is 11.1 Å². The van der Waals surface area contributed by atoms with Crippen LogP contribution < -0.4 is 20.3 Å². The van der Waals surface area contributed by atoms with Gasteiger partial charge in [-0.3, -0.25) is 14.3 Å². The van der Waals surface area contributed by atoms with E-state index in [0.29, 0.717) is 40.2 Å². The van der Waals surface area contributed by atoms with E-state index in [1.807, 2.05) is 39.0 Å². The Hall–Kier alpha value is -4.05. The second-order valence-electron chi connectivity index (χ2n) is 8.83. The number of carbonyl (C=O) groups excluding carboxylic acids is 1. The van der Waals surface area contributed by atoms with Crippen LogP contribution in [0.2, 0.25) is 0 Å². The van der Waals surface area contributed by atoms with E-state index in [2.05, 4.69) is 15.0 Å². The quantitative estimate of drug-likeness (QED) is 0.316. The summed E-state index contributed by atoms with van der Waals surface area (Å²) in [6.07, 6.45) is 1.66. The van der Waals surface area contributed by atoms with Crippen molar-refractivity contribution in [1.29, 1.82) is 0 Å². The molecule has 194 valence electrons. The van der Waals surface area contributed by atoms with Gasteiger partial charge >= 0.3 is 0 Å². The molecule has 3 N–H and O–H groups in total. The molecule has 0 bridgehead atoms. The summed E-state index contributed by atoms with van der Waals surface area (Å²) in [5, 5.41) is 3.25. The summed E-state index contributed by atoms with van der Waals surface area (Å²) < 4.78 is 35.0. The van der Waals surface area contributed by atoms with Gasteiger partial charge in [-0.15, -0.1) is 0 Å². The molecule has 0 aliphatic rings. The van der Waals surface area contributed by atoms with Gasteiger partial charge in [0.1, 0.15) is 22.7 Å². The van der Waals surface area contributed by atoms with Crippen LogP contribution in [0.4, 0.5) is 5.69 Å². The van der Waals surface area contributed by atoms with Crippen molar-refractivity contribution in [2.45, 2.75) is 27.7 Å². The standard InChI is InChI=1S/C27H30N4O5S/c1-6-28-26(32)22-14-20-21(15-31(5)27(33)24(20)29-22)19-13-18(30-37(34,35)7-2)11-12-23(19)36-25-16(3)9-8-10-17(25)4/h8-15,29-30H,6-7H2,1-5H3,(H,28,32). The van der Waals surface area contributed by atoms with Gasteiger partial charge in [0.15, 0.2) is 0 Å². The van der Waals surface area contributed by atoms with Gasteiger partial charge in [0.25, 0.3) is 11.5 Å². The molecular formula is C27H30N4O5S. The van der Waals surface area contributed by atoms with E-state index in [1.54, 1.807) is 44.4 Å². The molecule has 0 saturated carbocycles. The third kappa shape index (κ3) is 5.24. The number of pyridine rings is 1. The first-order valence-electron chi connectivity index (χ1n) is 11.9. The molecular weight excluding hydrogens is 492 g/mol. The van der Waals surface area contributed by atoms with Crippen LogP contribution in [-0.4, -0.2) is 36.2 Å². The fourth-order valence-corrected chi connectivity index (χ4v) is 4.77. The fraction of sp³-hybridized carbons (Fsp3) is 0.259. The van der Waals surface area contributed by atoms with Gasteiger partial charge in [0, 0.05) is 42.0 Å². The number of benzene rings is 2. The van der Waals surface area contributed by atoms with Crippen LogP contribution in [0.25, 0.3) is 22.0 Å². The van der Waals surface area contributed by atoms with Crippen LogP contribution in [-0.2, 0) is 17.1 Å². The number of aromatic nitrogens is 2. The summed E-state index contributed by atoms with van der Waals surface area (Å²) >= 11 is 0. The highest BCUT2D eigenvalue weighted by atomic mass is 32.2. The van der Waals surface area contributed by atoms with Crippen LogP contribution in [0.5, 0.6) is 11.5 Å². The van der Waals surface area contributed by atoms with Gasteiger partial charge in [-0.1, -0.05) is 18.2 Å². The second-order valence-corrected chi connectivity index (χ2v) is 10.8. The number of nitrogens with zero attached hydrogens (tertiary/aromatic N) is 1. The summed E-state index contributed by atoms with van der Waals surface area (Å²) in [6.45, 7) is 7.69. The number of hydrogen-bond donors (Lipinski definition) is 3. The highest BCUT2D eigenvalue weighted by molar-refractivity contribution is 7.92. The Morgan fingerprint density at radius 3 is 2.41 bits per heavy atom. The first-order chi connectivity index (χ1) is 17.5. The number of ether oxygens (including phenoxy) is 1. The van der Waals surface area contributed by atoms with Crippen molar-refractivity contribution in [1.82, 2.24) is 14.9 Å². The molecule has 37 heavy (non-hydrogen) atoms. The van der Waals surface area contributed by atoms with Crippen molar-refractivity contribution >= 4 is 32.5 Å². The van der Waals surface area contributed by atoms with Gasteiger partial charge in [-0.2, -0.15) is 0 Å². The maximum Gasteiger partial charge on any atom is 0.274 e. The lowest BCUT2D eigenvalue weighted by atomic mass is 10.0. The molecule has 0 atom stereocenters. The summed E-state index contributed by atoms with van der Waals surface area (Å²) in [6, 6.07) is 12.5. The summed E-state index contributed by atoms with van der Waals surface area (Å²) in [4.78, 5) is 28.4. The number of para-hydroxylation sites is 1. The molecule has 0 spiro atoms. The minimum atomic E-state index is -3.53. The van der Waals surface area contributed by atoms with Crippen molar-refractivity contribution in [3.8, 4) is 22.6 Å². The predicted octanol–water partition coefficient (Wildman–Crippen LogP) is 4.45. The minimum absolute atomic E-state index is 0.0826. The Kier molecular flexibility index (Phi) is 7.13. The van der Waals surface area contributed by atoms with Crippen LogP contribution >= 0.6 is 0 Å². The molecule has 1 amide bonds. The number of aromatic amines is 1. The van der Waals surface area contributed by atoms with Gasteiger partial charge in [0.2, 0.25) is 10.0 Å². The van der Waals surface area contributed by atoms with Crippen molar-refractivity contribution in [2.75, 3.05) is 17.0 Å². The van der Waals surface area contributed by atoms with E-state index in [4.69, 9.17) is 4.74 Å². The molecule has 0 saturated heterocycles. The van der Waals surface area contributed by atoms with Crippen LogP contribution in [0.15, 0.2) is 53.5 Å². The Morgan fingerprint density at radius 2 is 1.76 bits per heavy atom. The normalized spacial score (nSPS) is 11.5. The topological polar surface area (TPSA) is 122 Å². The second kappa shape index (κ2) is 10.1. The predicted molar refractivity (Wildman–Crippen MR) is 146 cm³/mol. The van der Waals surface area contributed by atoms with Crippen LogP contribution in [0, 0.1) is 13.8 Å².